The highest BCUT2D eigenvalue weighted by Crippen LogP contribution is 2.18. The van der Waals surface area contributed by atoms with Crippen LogP contribution in [0.25, 0.3) is 0 Å². The van der Waals surface area contributed by atoms with E-state index >= 15 is 0 Å². The molecule has 0 bridgehead atoms. The molecular formula is C11H10ClNO. The van der Waals surface area contributed by atoms with Crippen LogP contribution >= 0.6 is 11.6 Å². The lowest BCUT2D eigenvalue weighted by molar-refractivity contribution is -0.117. The van der Waals surface area contributed by atoms with Crippen molar-refractivity contribution in [2.24, 2.45) is 5.73 Å². The number of hydrogen-bond donors (Lipinski definition) is 1. The van der Waals surface area contributed by atoms with Gasteiger partial charge in [0.1, 0.15) is 0 Å². The van der Waals surface area contributed by atoms with Crippen molar-refractivity contribution >= 4 is 17.5 Å². The first-order chi connectivity index (χ1) is 6.61. The highest BCUT2D eigenvalue weighted by atomic mass is 35.5. The minimum atomic E-state index is -0.429. The summed E-state index contributed by atoms with van der Waals surface area (Å²) in [5, 5.41) is 0.629. The van der Waals surface area contributed by atoms with E-state index in [4.69, 9.17) is 17.3 Å². The number of carbonyl (C=O) groups excluding carboxylic acids is 1. The van der Waals surface area contributed by atoms with Crippen molar-refractivity contribution in [3.63, 3.8) is 0 Å². The normalized spacial score (nSPS) is 9.00. The largest absolute Gasteiger partial charge is 0.369 e. The van der Waals surface area contributed by atoms with Crippen LogP contribution in [0.2, 0.25) is 5.02 Å². The van der Waals surface area contributed by atoms with Crippen LogP contribution in [0.4, 0.5) is 0 Å². The van der Waals surface area contributed by atoms with E-state index in [2.05, 4.69) is 11.8 Å². The molecule has 0 spiro atoms. The number of aryl methyl sites for hydroxylation is 1. The number of benzene rings is 1. The molecule has 2 N–H and O–H groups in total. The molecule has 3 heteroatoms. The second-order valence-electron chi connectivity index (χ2n) is 2.88. The van der Waals surface area contributed by atoms with Crippen molar-refractivity contribution in [3.8, 4) is 11.8 Å². The lowest BCUT2D eigenvalue weighted by atomic mass is 10.1. The fourth-order valence-electron chi connectivity index (χ4n) is 0.970. The lowest BCUT2D eigenvalue weighted by Crippen LogP contribution is -2.08. The Balaban J connectivity index is 2.90. The predicted octanol–water partition coefficient (Wildman–Crippen LogP) is 1.88. The summed E-state index contributed by atoms with van der Waals surface area (Å²) in [7, 11) is 0. The topological polar surface area (TPSA) is 43.1 Å². The maximum absolute atomic E-state index is 10.4. The van der Waals surface area contributed by atoms with Gasteiger partial charge in [-0.15, -0.1) is 0 Å². The van der Waals surface area contributed by atoms with E-state index in [0.29, 0.717) is 5.02 Å². The Morgan fingerprint density at radius 2 is 2.29 bits per heavy atom. The van der Waals surface area contributed by atoms with E-state index in [1.807, 2.05) is 25.1 Å². The number of carbonyl (C=O) groups is 1. The quantitative estimate of drug-likeness (QED) is 0.702. The van der Waals surface area contributed by atoms with Gasteiger partial charge in [0.05, 0.1) is 11.4 Å². The van der Waals surface area contributed by atoms with Crippen molar-refractivity contribution in [2.45, 2.75) is 13.3 Å². The minimum Gasteiger partial charge on any atom is -0.369 e. The molecule has 1 aromatic rings. The van der Waals surface area contributed by atoms with Crippen LogP contribution in [0.3, 0.4) is 0 Å². The van der Waals surface area contributed by atoms with Gasteiger partial charge in [0, 0.05) is 5.56 Å². The maximum Gasteiger partial charge on any atom is 0.229 e. The van der Waals surface area contributed by atoms with Crippen molar-refractivity contribution in [1.82, 2.24) is 0 Å². The summed E-state index contributed by atoms with van der Waals surface area (Å²) in [4.78, 5) is 10.4. The Labute approximate surface area is 88.1 Å². The van der Waals surface area contributed by atoms with Gasteiger partial charge in [-0.25, -0.2) is 0 Å². The molecule has 1 rings (SSSR count). The van der Waals surface area contributed by atoms with E-state index in [9.17, 15) is 4.79 Å². The van der Waals surface area contributed by atoms with Crippen LogP contribution in [0.1, 0.15) is 17.5 Å². The molecule has 72 valence electrons. The fourth-order valence-corrected chi connectivity index (χ4v) is 1.14. The lowest BCUT2D eigenvalue weighted by Gasteiger charge is -1.98. The molecule has 1 amide bonds. The Bertz CT molecular complexity index is 415. The zero-order valence-corrected chi connectivity index (χ0v) is 8.56. The highest BCUT2D eigenvalue weighted by molar-refractivity contribution is 6.32. The smallest absolute Gasteiger partial charge is 0.229 e. The molecule has 0 saturated heterocycles. The first kappa shape index (κ1) is 10.6. The Morgan fingerprint density at radius 3 is 2.93 bits per heavy atom. The van der Waals surface area contributed by atoms with Gasteiger partial charge in [0.2, 0.25) is 5.91 Å². The summed E-state index contributed by atoms with van der Waals surface area (Å²) >= 11 is 5.99. The first-order valence-electron chi connectivity index (χ1n) is 4.13. The van der Waals surface area contributed by atoms with Crippen molar-refractivity contribution < 1.29 is 4.79 Å². The number of rotatable bonds is 1. The fraction of sp³-hybridized carbons (Fsp3) is 0.182. The molecule has 14 heavy (non-hydrogen) atoms. The van der Waals surface area contributed by atoms with Gasteiger partial charge in [-0.2, -0.15) is 0 Å². The molecule has 2 nitrogen and oxygen atoms in total. The second kappa shape index (κ2) is 4.69. The van der Waals surface area contributed by atoms with E-state index in [1.165, 1.54) is 0 Å². The minimum absolute atomic E-state index is 0.0598. The second-order valence-corrected chi connectivity index (χ2v) is 3.26. The molecule has 0 aromatic heterocycles. The average molecular weight is 208 g/mol. The van der Waals surface area contributed by atoms with Crippen molar-refractivity contribution in [2.75, 3.05) is 0 Å². The summed E-state index contributed by atoms with van der Waals surface area (Å²) in [6, 6.07) is 5.58. The Morgan fingerprint density at radius 1 is 1.57 bits per heavy atom. The molecule has 1 aromatic carbocycles. The molecule has 0 atom stereocenters. The Kier molecular flexibility index (Phi) is 3.55. The molecule has 0 unspecified atom stereocenters. The zero-order valence-electron chi connectivity index (χ0n) is 7.80. The van der Waals surface area contributed by atoms with Gasteiger partial charge in [-0.3, -0.25) is 4.79 Å². The van der Waals surface area contributed by atoms with Crippen LogP contribution in [0, 0.1) is 18.8 Å². The molecule has 0 fully saturated rings. The molecule has 0 aliphatic heterocycles. The van der Waals surface area contributed by atoms with Crippen LogP contribution < -0.4 is 5.73 Å². The molecule has 0 aliphatic carbocycles. The summed E-state index contributed by atoms with van der Waals surface area (Å²) in [5.74, 6) is 5.03. The van der Waals surface area contributed by atoms with Gasteiger partial charge in [0.25, 0.3) is 0 Å². The van der Waals surface area contributed by atoms with Crippen LogP contribution in [-0.4, -0.2) is 5.91 Å². The predicted molar refractivity (Wildman–Crippen MR) is 56.9 cm³/mol. The SMILES string of the molecule is Cc1cccc(C#CCC(N)=O)c1Cl. The van der Waals surface area contributed by atoms with Crippen LogP contribution in [-0.2, 0) is 4.79 Å². The number of amides is 1. The van der Waals surface area contributed by atoms with Gasteiger partial charge < -0.3 is 5.73 Å². The highest BCUT2D eigenvalue weighted by Gasteiger charge is 1.98. The third kappa shape index (κ3) is 2.79. The molecule has 0 saturated carbocycles. The van der Waals surface area contributed by atoms with E-state index < -0.39 is 5.91 Å². The third-order valence-electron chi connectivity index (χ3n) is 1.68. The monoisotopic (exact) mass is 207 g/mol. The van der Waals surface area contributed by atoms with E-state index in [0.717, 1.165) is 11.1 Å². The van der Waals surface area contributed by atoms with Crippen molar-refractivity contribution in [1.29, 1.82) is 0 Å². The van der Waals surface area contributed by atoms with Crippen LogP contribution in [0.15, 0.2) is 18.2 Å². The summed E-state index contributed by atoms with van der Waals surface area (Å²) in [6.45, 7) is 1.90. The van der Waals surface area contributed by atoms with Crippen LogP contribution in [0.5, 0.6) is 0 Å². The van der Waals surface area contributed by atoms with Crippen molar-refractivity contribution in [3.05, 3.63) is 34.3 Å². The number of primary amides is 1. The summed E-state index contributed by atoms with van der Waals surface area (Å²) < 4.78 is 0. The maximum atomic E-state index is 10.4. The first-order valence-corrected chi connectivity index (χ1v) is 4.51. The number of nitrogens with two attached hydrogens (primary N) is 1. The standard InChI is InChI=1S/C11H10ClNO/c1-8-4-2-5-9(11(8)12)6-3-7-10(13)14/h2,4-5H,7H2,1H3,(H2,13,14). The molecule has 0 aliphatic rings. The third-order valence-corrected chi connectivity index (χ3v) is 2.18. The number of halogens is 1. The summed E-state index contributed by atoms with van der Waals surface area (Å²) in [5.41, 5.74) is 6.65. The van der Waals surface area contributed by atoms with Gasteiger partial charge >= 0.3 is 0 Å². The Hall–Kier alpha value is -1.46. The van der Waals surface area contributed by atoms with E-state index in [-0.39, 0.29) is 6.42 Å². The van der Waals surface area contributed by atoms with Gasteiger partial charge in [-0.05, 0) is 18.6 Å². The number of hydrogen-bond acceptors (Lipinski definition) is 1. The average Bonchev–Trinajstić information content (AvgIpc) is 2.12. The van der Waals surface area contributed by atoms with Gasteiger partial charge in [0.15, 0.2) is 0 Å². The molecule has 0 heterocycles. The van der Waals surface area contributed by atoms with E-state index in [1.54, 1.807) is 0 Å². The van der Waals surface area contributed by atoms with Gasteiger partial charge in [-0.1, -0.05) is 35.6 Å². The zero-order chi connectivity index (χ0) is 10.6. The summed E-state index contributed by atoms with van der Waals surface area (Å²) in [6.07, 6.45) is 0.0598. The molecular weight excluding hydrogens is 198 g/mol. The molecule has 0 radical (unpaired) electrons.